The molecule has 1 aromatic carbocycles. The molecule has 1 heterocycles. The van der Waals surface area contributed by atoms with Gasteiger partial charge in [-0.25, -0.2) is 0 Å². The third-order valence-corrected chi connectivity index (χ3v) is 3.87. The van der Waals surface area contributed by atoms with Crippen LogP contribution in [0.25, 0.3) is 0 Å². The molecule has 2 rings (SSSR count). The molecule has 0 aliphatic carbocycles. The Balaban J connectivity index is 2.18. The van der Waals surface area contributed by atoms with Crippen molar-refractivity contribution in [3.05, 3.63) is 23.8 Å². The van der Waals surface area contributed by atoms with Crippen molar-refractivity contribution < 1.29 is 0 Å². The average molecular weight is 233 g/mol. The van der Waals surface area contributed by atoms with E-state index in [9.17, 15) is 0 Å². The van der Waals surface area contributed by atoms with Gasteiger partial charge in [0.15, 0.2) is 0 Å². The maximum Gasteiger partial charge on any atom is 0.0416 e. The Bertz CT molecular complexity index is 389. The smallest absolute Gasteiger partial charge is 0.0416 e. The zero-order valence-electron chi connectivity index (χ0n) is 11.1. The molecule has 0 spiro atoms. The number of likely N-dealkylation sites (N-methyl/N-ethyl adjacent to an activating group) is 2. The first-order valence-corrected chi connectivity index (χ1v) is 6.36. The average Bonchev–Trinajstić information content (AvgIpc) is 2.32. The summed E-state index contributed by atoms with van der Waals surface area (Å²) in [4.78, 5) is 4.80. The Kier molecular flexibility index (Phi) is 3.57. The number of piperidine rings is 1. The highest BCUT2D eigenvalue weighted by molar-refractivity contribution is 5.64. The molecular weight excluding hydrogens is 210 g/mol. The van der Waals surface area contributed by atoms with E-state index in [1.807, 2.05) is 12.1 Å². The summed E-state index contributed by atoms with van der Waals surface area (Å²) < 4.78 is 0. The SMILES string of the molecule is Cc1c(N)cccc1N(C)C1CCCN(C)C1. The quantitative estimate of drug-likeness (QED) is 0.794. The molecule has 1 atom stereocenters. The van der Waals surface area contributed by atoms with Gasteiger partial charge in [-0.1, -0.05) is 6.07 Å². The van der Waals surface area contributed by atoms with E-state index in [2.05, 4.69) is 36.9 Å². The van der Waals surface area contributed by atoms with Crippen LogP contribution in [0.4, 0.5) is 11.4 Å². The van der Waals surface area contributed by atoms with Gasteiger partial charge >= 0.3 is 0 Å². The minimum Gasteiger partial charge on any atom is -0.398 e. The molecule has 1 fully saturated rings. The lowest BCUT2D eigenvalue weighted by atomic mass is 10.0. The molecule has 0 radical (unpaired) electrons. The molecule has 1 saturated heterocycles. The van der Waals surface area contributed by atoms with Crippen LogP contribution in [0.1, 0.15) is 18.4 Å². The molecule has 17 heavy (non-hydrogen) atoms. The summed E-state index contributed by atoms with van der Waals surface area (Å²) in [5, 5.41) is 0. The summed E-state index contributed by atoms with van der Waals surface area (Å²) in [6, 6.07) is 6.79. The zero-order chi connectivity index (χ0) is 12.4. The molecule has 3 heteroatoms. The first kappa shape index (κ1) is 12.2. The van der Waals surface area contributed by atoms with E-state index >= 15 is 0 Å². The van der Waals surface area contributed by atoms with Gasteiger partial charge in [-0.05, 0) is 51.1 Å². The summed E-state index contributed by atoms with van der Waals surface area (Å²) in [7, 11) is 4.39. The molecule has 1 unspecified atom stereocenters. The Morgan fingerprint density at radius 1 is 1.41 bits per heavy atom. The number of rotatable bonds is 2. The van der Waals surface area contributed by atoms with Crippen molar-refractivity contribution in [3.63, 3.8) is 0 Å². The number of hydrogen-bond donors (Lipinski definition) is 1. The molecule has 0 aromatic heterocycles. The molecule has 94 valence electrons. The molecule has 1 aliphatic rings. The van der Waals surface area contributed by atoms with Crippen molar-refractivity contribution in [2.45, 2.75) is 25.8 Å². The number of nitrogens with zero attached hydrogens (tertiary/aromatic N) is 2. The molecule has 1 aromatic rings. The van der Waals surface area contributed by atoms with E-state index in [0.29, 0.717) is 6.04 Å². The fraction of sp³-hybridized carbons (Fsp3) is 0.571. The van der Waals surface area contributed by atoms with Crippen LogP contribution in [-0.4, -0.2) is 38.1 Å². The molecule has 1 aliphatic heterocycles. The van der Waals surface area contributed by atoms with E-state index in [1.54, 1.807) is 0 Å². The van der Waals surface area contributed by atoms with Gasteiger partial charge in [-0.15, -0.1) is 0 Å². The van der Waals surface area contributed by atoms with Crippen LogP contribution < -0.4 is 10.6 Å². The highest BCUT2D eigenvalue weighted by atomic mass is 15.2. The number of likely N-dealkylation sites (tertiary alicyclic amines) is 1. The Labute approximate surface area is 104 Å². The van der Waals surface area contributed by atoms with E-state index in [0.717, 1.165) is 12.2 Å². The summed E-state index contributed by atoms with van der Waals surface area (Å²) in [6.07, 6.45) is 2.56. The highest BCUT2D eigenvalue weighted by Gasteiger charge is 2.22. The van der Waals surface area contributed by atoms with Crippen molar-refractivity contribution >= 4 is 11.4 Å². The van der Waals surface area contributed by atoms with Gasteiger partial charge < -0.3 is 15.5 Å². The summed E-state index contributed by atoms with van der Waals surface area (Å²) >= 11 is 0. The van der Waals surface area contributed by atoms with Crippen molar-refractivity contribution in [2.75, 3.05) is 37.8 Å². The lowest BCUT2D eigenvalue weighted by Crippen LogP contribution is -2.45. The minimum absolute atomic E-state index is 0.606. The highest BCUT2D eigenvalue weighted by Crippen LogP contribution is 2.27. The van der Waals surface area contributed by atoms with Gasteiger partial charge in [0, 0.05) is 31.0 Å². The Hall–Kier alpha value is -1.22. The fourth-order valence-corrected chi connectivity index (χ4v) is 2.67. The molecular formula is C14H23N3. The minimum atomic E-state index is 0.606. The standard InChI is InChI=1S/C14H23N3/c1-11-13(15)7-4-8-14(11)17(3)12-6-5-9-16(2)10-12/h4,7-8,12H,5-6,9-10,15H2,1-3H3. The Morgan fingerprint density at radius 3 is 2.88 bits per heavy atom. The van der Waals surface area contributed by atoms with Crippen LogP contribution >= 0.6 is 0 Å². The van der Waals surface area contributed by atoms with Crippen molar-refractivity contribution in [1.29, 1.82) is 0 Å². The van der Waals surface area contributed by atoms with Gasteiger partial charge in [0.05, 0.1) is 0 Å². The predicted octanol–water partition coefficient (Wildman–Crippen LogP) is 2.11. The summed E-state index contributed by atoms with van der Waals surface area (Å²) in [5.41, 5.74) is 9.33. The lowest BCUT2D eigenvalue weighted by Gasteiger charge is -2.37. The van der Waals surface area contributed by atoms with Crippen LogP contribution in [0.5, 0.6) is 0 Å². The fourth-order valence-electron chi connectivity index (χ4n) is 2.67. The van der Waals surface area contributed by atoms with Crippen LogP contribution in [0.2, 0.25) is 0 Å². The first-order chi connectivity index (χ1) is 8.09. The third kappa shape index (κ3) is 2.55. The van der Waals surface area contributed by atoms with Crippen molar-refractivity contribution in [2.24, 2.45) is 0 Å². The maximum atomic E-state index is 5.98. The Morgan fingerprint density at radius 2 is 2.18 bits per heavy atom. The normalized spacial score (nSPS) is 21.5. The number of nitrogens with two attached hydrogens (primary N) is 1. The van der Waals surface area contributed by atoms with Crippen LogP contribution in [-0.2, 0) is 0 Å². The molecule has 2 N–H and O–H groups in total. The van der Waals surface area contributed by atoms with Gasteiger partial charge in [0.1, 0.15) is 0 Å². The van der Waals surface area contributed by atoms with E-state index in [-0.39, 0.29) is 0 Å². The van der Waals surface area contributed by atoms with Crippen LogP contribution in [0.3, 0.4) is 0 Å². The van der Waals surface area contributed by atoms with Crippen molar-refractivity contribution in [3.8, 4) is 0 Å². The monoisotopic (exact) mass is 233 g/mol. The number of anilines is 2. The van der Waals surface area contributed by atoms with E-state index < -0.39 is 0 Å². The molecule has 0 amide bonds. The van der Waals surface area contributed by atoms with Gasteiger partial charge in [-0.2, -0.15) is 0 Å². The first-order valence-electron chi connectivity index (χ1n) is 6.36. The number of benzene rings is 1. The van der Waals surface area contributed by atoms with Crippen LogP contribution in [0, 0.1) is 6.92 Å². The molecule has 0 saturated carbocycles. The second-order valence-corrected chi connectivity index (χ2v) is 5.16. The predicted molar refractivity (Wildman–Crippen MR) is 74.5 cm³/mol. The molecule has 3 nitrogen and oxygen atoms in total. The van der Waals surface area contributed by atoms with Gasteiger partial charge in [-0.3, -0.25) is 0 Å². The summed E-state index contributed by atoms with van der Waals surface area (Å²) in [5.74, 6) is 0. The molecule has 0 bridgehead atoms. The van der Waals surface area contributed by atoms with Gasteiger partial charge in [0.25, 0.3) is 0 Å². The van der Waals surface area contributed by atoms with Gasteiger partial charge in [0.2, 0.25) is 0 Å². The number of hydrogen-bond acceptors (Lipinski definition) is 3. The largest absolute Gasteiger partial charge is 0.398 e. The number of nitrogen functional groups attached to an aromatic ring is 1. The second-order valence-electron chi connectivity index (χ2n) is 5.16. The van der Waals surface area contributed by atoms with E-state index in [4.69, 9.17) is 5.73 Å². The lowest BCUT2D eigenvalue weighted by molar-refractivity contribution is 0.248. The third-order valence-electron chi connectivity index (χ3n) is 3.87. The second kappa shape index (κ2) is 4.96. The topological polar surface area (TPSA) is 32.5 Å². The summed E-state index contributed by atoms with van der Waals surface area (Å²) in [6.45, 7) is 4.47. The van der Waals surface area contributed by atoms with Crippen LogP contribution in [0.15, 0.2) is 18.2 Å². The zero-order valence-corrected chi connectivity index (χ0v) is 11.1. The maximum absolute atomic E-state index is 5.98. The van der Waals surface area contributed by atoms with E-state index in [1.165, 1.54) is 30.6 Å². The van der Waals surface area contributed by atoms with Crippen molar-refractivity contribution in [1.82, 2.24) is 4.90 Å².